The van der Waals surface area contributed by atoms with Crippen LogP contribution in [0.5, 0.6) is 11.5 Å². The molecule has 1 aliphatic rings. The average molecular weight is 510 g/mol. The first-order chi connectivity index (χ1) is 18.6. The molecule has 4 aromatic rings. The Morgan fingerprint density at radius 1 is 0.895 bits per heavy atom. The highest BCUT2D eigenvalue weighted by Crippen LogP contribution is 2.37. The first-order valence-electron chi connectivity index (χ1n) is 13.6. The second-order valence-electron chi connectivity index (χ2n) is 10.4. The van der Waals surface area contributed by atoms with E-state index >= 15 is 0 Å². The van der Waals surface area contributed by atoms with Crippen molar-refractivity contribution in [1.82, 2.24) is 5.32 Å². The molecule has 4 heteroatoms. The fourth-order valence-electron chi connectivity index (χ4n) is 5.21. The van der Waals surface area contributed by atoms with Crippen molar-refractivity contribution in [3.8, 4) is 11.5 Å². The molecular weight excluding hydrogens is 473 g/mol. The molecule has 0 bridgehead atoms. The molecule has 0 saturated heterocycles. The molecule has 1 heterocycles. The Labute approximate surface area is 225 Å². The molecule has 0 fully saturated rings. The van der Waals surface area contributed by atoms with Crippen LogP contribution in [-0.2, 0) is 13.0 Å². The van der Waals surface area contributed by atoms with Crippen molar-refractivity contribution in [2.24, 2.45) is 0 Å². The summed E-state index contributed by atoms with van der Waals surface area (Å²) in [6.45, 7) is 4.51. The van der Waals surface area contributed by atoms with Crippen LogP contribution in [0.25, 0.3) is 0 Å². The van der Waals surface area contributed by atoms with Crippen LogP contribution in [0.4, 0.5) is 4.39 Å². The number of halogens is 1. The zero-order chi connectivity index (χ0) is 26.2. The minimum Gasteiger partial charge on any atom is -0.489 e. The molecule has 5 rings (SSSR count). The van der Waals surface area contributed by atoms with Gasteiger partial charge in [-0.1, -0.05) is 72.8 Å². The summed E-state index contributed by atoms with van der Waals surface area (Å²) in [5.41, 5.74) is 4.65. The fraction of sp³-hybridized carbons (Fsp3) is 0.294. The van der Waals surface area contributed by atoms with Crippen molar-refractivity contribution in [3.05, 3.63) is 131 Å². The molecule has 38 heavy (non-hydrogen) atoms. The quantitative estimate of drug-likeness (QED) is 0.210. The Balaban J connectivity index is 1.10. The minimum absolute atomic E-state index is 0.163. The maximum Gasteiger partial charge on any atom is 0.123 e. The zero-order valence-electron chi connectivity index (χ0n) is 22.0. The molecule has 0 saturated carbocycles. The number of hydrogen-bond acceptors (Lipinski definition) is 3. The SMILES string of the molecule is CC1(CCCNCC(c2ccccc2)c2ccccc2)CCc2cc(OCc3ccc(F)cc3)ccc2O1. The molecule has 0 aromatic heterocycles. The molecule has 3 nitrogen and oxygen atoms in total. The van der Waals surface area contributed by atoms with Gasteiger partial charge in [0.2, 0.25) is 0 Å². The van der Waals surface area contributed by atoms with E-state index in [0.717, 1.165) is 55.8 Å². The first kappa shape index (κ1) is 26.0. The zero-order valence-corrected chi connectivity index (χ0v) is 22.0. The summed E-state index contributed by atoms with van der Waals surface area (Å²) in [6.07, 6.45) is 4.01. The van der Waals surface area contributed by atoms with Crippen molar-refractivity contribution in [1.29, 1.82) is 0 Å². The summed E-state index contributed by atoms with van der Waals surface area (Å²) >= 11 is 0. The van der Waals surface area contributed by atoms with Crippen LogP contribution in [0, 0.1) is 5.82 Å². The van der Waals surface area contributed by atoms with Gasteiger partial charge < -0.3 is 14.8 Å². The summed E-state index contributed by atoms with van der Waals surface area (Å²) in [6, 6.07) is 34.0. The predicted octanol–water partition coefficient (Wildman–Crippen LogP) is 7.69. The van der Waals surface area contributed by atoms with E-state index in [1.807, 2.05) is 12.1 Å². The van der Waals surface area contributed by atoms with E-state index in [2.05, 4.69) is 79.0 Å². The molecule has 1 unspecified atom stereocenters. The van der Waals surface area contributed by atoms with Gasteiger partial charge in [-0.15, -0.1) is 0 Å². The van der Waals surface area contributed by atoms with Crippen LogP contribution in [0.3, 0.4) is 0 Å². The summed E-state index contributed by atoms with van der Waals surface area (Å²) in [4.78, 5) is 0. The fourth-order valence-corrected chi connectivity index (χ4v) is 5.21. The maximum absolute atomic E-state index is 13.1. The van der Waals surface area contributed by atoms with E-state index in [1.54, 1.807) is 12.1 Å². The monoisotopic (exact) mass is 509 g/mol. The van der Waals surface area contributed by atoms with E-state index in [4.69, 9.17) is 9.47 Å². The molecule has 0 radical (unpaired) electrons. The van der Waals surface area contributed by atoms with Gasteiger partial charge in [-0.25, -0.2) is 4.39 Å². The average Bonchev–Trinajstić information content (AvgIpc) is 2.95. The number of aryl methyl sites for hydroxylation is 1. The van der Waals surface area contributed by atoms with E-state index in [9.17, 15) is 4.39 Å². The topological polar surface area (TPSA) is 30.5 Å². The van der Waals surface area contributed by atoms with Crippen molar-refractivity contribution in [2.75, 3.05) is 13.1 Å². The Bertz CT molecular complexity index is 1250. The number of benzene rings is 4. The third kappa shape index (κ3) is 6.81. The van der Waals surface area contributed by atoms with Gasteiger partial charge in [0.05, 0.1) is 0 Å². The molecule has 0 aliphatic carbocycles. The minimum atomic E-state index is -0.234. The Kier molecular flexibility index (Phi) is 8.40. The van der Waals surface area contributed by atoms with Gasteiger partial charge in [0.15, 0.2) is 0 Å². The lowest BCUT2D eigenvalue weighted by Crippen LogP contribution is -2.37. The number of nitrogens with one attached hydrogen (secondary N) is 1. The van der Waals surface area contributed by atoms with Crippen molar-refractivity contribution in [3.63, 3.8) is 0 Å². The Hall–Kier alpha value is -3.63. The van der Waals surface area contributed by atoms with Gasteiger partial charge >= 0.3 is 0 Å². The number of rotatable bonds is 11. The van der Waals surface area contributed by atoms with Crippen molar-refractivity contribution in [2.45, 2.75) is 50.7 Å². The van der Waals surface area contributed by atoms with Gasteiger partial charge in [0.1, 0.15) is 29.5 Å². The predicted molar refractivity (Wildman–Crippen MR) is 151 cm³/mol. The van der Waals surface area contributed by atoms with Crippen LogP contribution in [-0.4, -0.2) is 18.7 Å². The van der Waals surface area contributed by atoms with Gasteiger partial charge in [-0.2, -0.15) is 0 Å². The molecule has 4 aromatic carbocycles. The molecular formula is C34H36FNO2. The highest BCUT2D eigenvalue weighted by Gasteiger charge is 2.31. The summed E-state index contributed by atoms with van der Waals surface area (Å²) in [5, 5.41) is 3.70. The highest BCUT2D eigenvalue weighted by molar-refractivity contribution is 5.42. The third-order valence-corrected chi connectivity index (χ3v) is 7.44. The first-order valence-corrected chi connectivity index (χ1v) is 13.6. The largest absolute Gasteiger partial charge is 0.489 e. The Morgan fingerprint density at radius 2 is 1.58 bits per heavy atom. The molecule has 0 amide bonds. The number of fused-ring (bicyclic) bond motifs is 1. The van der Waals surface area contributed by atoms with Crippen LogP contribution in [0.15, 0.2) is 103 Å². The van der Waals surface area contributed by atoms with Crippen LogP contribution in [0.2, 0.25) is 0 Å². The standard InChI is InChI=1S/C34H36FNO2/c1-34(20-8-22-36-24-32(27-9-4-2-5-10-27)28-11-6-3-7-12-28)21-19-29-23-31(17-18-33(29)38-34)37-25-26-13-15-30(35)16-14-26/h2-7,9-18,23,32,36H,8,19-22,24-25H2,1H3. The van der Waals surface area contributed by atoms with E-state index in [-0.39, 0.29) is 11.4 Å². The lowest BCUT2D eigenvalue weighted by Gasteiger charge is -2.36. The van der Waals surface area contributed by atoms with Crippen LogP contribution < -0.4 is 14.8 Å². The molecule has 1 atom stereocenters. The van der Waals surface area contributed by atoms with Crippen molar-refractivity contribution < 1.29 is 13.9 Å². The molecule has 1 aliphatic heterocycles. The smallest absolute Gasteiger partial charge is 0.123 e. The van der Waals surface area contributed by atoms with Gasteiger partial charge in [0.25, 0.3) is 0 Å². The second kappa shape index (κ2) is 12.3. The van der Waals surface area contributed by atoms with E-state index in [1.165, 1.54) is 28.8 Å². The molecule has 1 N–H and O–H groups in total. The lowest BCUT2D eigenvalue weighted by atomic mass is 9.88. The molecule has 196 valence electrons. The van der Waals surface area contributed by atoms with Gasteiger partial charge in [-0.3, -0.25) is 0 Å². The van der Waals surface area contributed by atoms with E-state index in [0.29, 0.717) is 12.5 Å². The maximum atomic E-state index is 13.1. The normalized spacial score (nSPS) is 16.6. The van der Waals surface area contributed by atoms with Gasteiger partial charge in [0, 0.05) is 12.5 Å². The van der Waals surface area contributed by atoms with E-state index < -0.39 is 0 Å². The van der Waals surface area contributed by atoms with Crippen LogP contribution in [0.1, 0.15) is 54.4 Å². The van der Waals surface area contributed by atoms with Crippen LogP contribution >= 0.6 is 0 Å². The second-order valence-corrected chi connectivity index (χ2v) is 10.4. The number of hydrogen-bond donors (Lipinski definition) is 1. The summed E-state index contributed by atoms with van der Waals surface area (Å²) in [5.74, 6) is 1.87. The number of ether oxygens (including phenoxy) is 2. The Morgan fingerprint density at radius 3 is 2.26 bits per heavy atom. The van der Waals surface area contributed by atoms with Crippen molar-refractivity contribution >= 4 is 0 Å². The third-order valence-electron chi connectivity index (χ3n) is 7.44. The highest BCUT2D eigenvalue weighted by atomic mass is 19.1. The summed E-state index contributed by atoms with van der Waals surface area (Å²) < 4.78 is 25.5. The lowest BCUT2D eigenvalue weighted by molar-refractivity contribution is 0.0540. The molecule has 0 spiro atoms. The summed E-state index contributed by atoms with van der Waals surface area (Å²) in [7, 11) is 0. The van der Waals surface area contributed by atoms with Gasteiger partial charge in [-0.05, 0) is 91.7 Å².